The summed E-state index contributed by atoms with van der Waals surface area (Å²) in [5, 5.41) is 29.6. The van der Waals surface area contributed by atoms with Crippen molar-refractivity contribution in [3.8, 4) is 0 Å². The summed E-state index contributed by atoms with van der Waals surface area (Å²) in [5.41, 5.74) is 0. The summed E-state index contributed by atoms with van der Waals surface area (Å²) in [7, 11) is 5.81. The van der Waals surface area contributed by atoms with E-state index in [1.54, 1.807) is 17.3 Å². The molecule has 1 aromatic heterocycles. The van der Waals surface area contributed by atoms with Crippen LogP contribution in [0.1, 0.15) is 41.9 Å². The monoisotopic (exact) mass is 479 g/mol. The van der Waals surface area contributed by atoms with E-state index >= 15 is 0 Å². The van der Waals surface area contributed by atoms with E-state index in [9.17, 15) is 15.0 Å². The molecule has 0 amide bonds. The van der Waals surface area contributed by atoms with Gasteiger partial charge in [0.05, 0.1) is 0 Å². The minimum absolute atomic E-state index is 0.0390. The van der Waals surface area contributed by atoms with Crippen LogP contribution in [0.5, 0.6) is 0 Å². The first-order chi connectivity index (χ1) is 13.8. The molecule has 0 bridgehead atoms. The van der Waals surface area contributed by atoms with Crippen molar-refractivity contribution in [2.75, 3.05) is 0 Å². The summed E-state index contributed by atoms with van der Waals surface area (Å²) < 4.78 is 1.07. The van der Waals surface area contributed by atoms with Gasteiger partial charge in [0.25, 0.3) is 0 Å². The standard InChI is InChI=1S/C22H29BBrO4S/c1-14-20(24)12-17(29-14)11-16(25)8-9-18-15(13-23)10-21(26)19(18)6-4-2-3-5-7-22(27)28/h2,4,8-9,12-13,15-16,18-19,21,25-26H,3,5-7,10-11H2,1H3,(H,27,28)/b4-2-,9-8+/t15-,16+,18-,19+,21?/m0/s1. The molecule has 157 valence electrons. The Hall–Kier alpha value is -1.02. The summed E-state index contributed by atoms with van der Waals surface area (Å²) in [6.07, 6.45) is 10.2. The van der Waals surface area contributed by atoms with Gasteiger partial charge >= 0.3 is 187 Å². The molecule has 3 N–H and O–H groups in total. The number of aliphatic hydroxyl groups is 2. The molecule has 5 atom stereocenters. The number of aryl methyl sites for hydroxylation is 1. The van der Waals surface area contributed by atoms with E-state index < -0.39 is 18.2 Å². The molecule has 1 unspecified atom stereocenters. The topological polar surface area (TPSA) is 77.8 Å². The van der Waals surface area contributed by atoms with Gasteiger partial charge in [0.2, 0.25) is 0 Å². The molecule has 1 aliphatic rings. The van der Waals surface area contributed by atoms with Crippen molar-refractivity contribution in [1.82, 2.24) is 0 Å². The molecular weight excluding hydrogens is 451 g/mol. The van der Waals surface area contributed by atoms with Crippen molar-refractivity contribution in [2.24, 2.45) is 17.8 Å². The summed E-state index contributed by atoms with van der Waals surface area (Å²) in [6.45, 7) is 2.04. The molecule has 1 fully saturated rings. The van der Waals surface area contributed by atoms with Crippen molar-refractivity contribution in [3.63, 3.8) is 0 Å². The number of aliphatic carboxylic acids is 1. The van der Waals surface area contributed by atoms with Gasteiger partial charge in [-0.2, -0.15) is 0 Å². The molecule has 1 radical (unpaired) electrons. The van der Waals surface area contributed by atoms with Crippen LogP contribution in [0.2, 0.25) is 0 Å². The van der Waals surface area contributed by atoms with E-state index in [1.807, 2.05) is 37.3 Å². The van der Waals surface area contributed by atoms with Crippen molar-refractivity contribution >= 4 is 46.7 Å². The second kappa shape index (κ2) is 12.0. The zero-order chi connectivity index (χ0) is 21.4. The molecule has 1 aromatic rings. The van der Waals surface area contributed by atoms with Gasteiger partial charge in [-0.05, 0) is 0 Å². The number of halogens is 1. The number of hydrogen-bond acceptors (Lipinski definition) is 4. The van der Waals surface area contributed by atoms with Gasteiger partial charge in [-0.3, -0.25) is 0 Å². The Bertz CT molecular complexity index is 726. The fourth-order valence-electron chi connectivity index (χ4n) is 3.88. The fraction of sp³-hybridized carbons (Fsp3) is 0.545. The first-order valence-corrected chi connectivity index (χ1v) is 11.6. The summed E-state index contributed by atoms with van der Waals surface area (Å²) >= 11 is 5.18. The number of carboxylic acid groups (broad SMARTS) is 1. The molecule has 1 aliphatic carbocycles. The van der Waals surface area contributed by atoms with Crippen LogP contribution in [-0.2, 0) is 11.2 Å². The van der Waals surface area contributed by atoms with Crippen LogP contribution in [0.4, 0.5) is 0 Å². The Morgan fingerprint density at radius 3 is 2.83 bits per heavy atom. The SMILES string of the molecule is [B]=C[C@@H]1CC(O)[C@H](C/C=C\CCCC(=O)O)[C@H]1/C=C/[C@@H](O)Cc1cc(Br)c(C)s1. The average molecular weight is 480 g/mol. The van der Waals surface area contributed by atoms with Gasteiger partial charge in [0.15, 0.2) is 0 Å². The van der Waals surface area contributed by atoms with Crippen molar-refractivity contribution < 1.29 is 20.1 Å². The Kier molecular flexibility index (Phi) is 10.0. The number of hydrogen-bond donors (Lipinski definition) is 3. The Balaban J connectivity index is 1.94. The van der Waals surface area contributed by atoms with Crippen LogP contribution in [0.25, 0.3) is 0 Å². The van der Waals surface area contributed by atoms with Crippen LogP contribution in [0.15, 0.2) is 34.8 Å². The second-order valence-electron chi connectivity index (χ2n) is 7.67. The maximum atomic E-state index is 10.6. The van der Waals surface area contributed by atoms with Gasteiger partial charge in [0, 0.05) is 0 Å². The minimum atomic E-state index is -0.778. The van der Waals surface area contributed by atoms with Crippen molar-refractivity contribution in [2.45, 2.75) is 57.7 Å². The van der Waals surface area contributed by atoms with Crippen LogP contribution in [0, 0.1) is 24.7 Å². The molecular formula is C22H29BBrO4S. The van der Waals surface area contributed by atoms with Gasteiger partial charge in [-0.15, -0.1) is 0 Å². The third-order valence-electron chi connectivity index (χ3n) is 5.45. The molecule has 0 aliphatic heterocycles. The second-order valence-corrected chi connectivity index (χ2v) is 9.86. The maximum absolute atomic E-state index is 10.6. The molecule has 1 saturated carbocycles. The zero-order valence-electron chi connectivity index (χ0n) is 16.7. The fourth-order valence-corrected chi connectivity index (χ4v) is 5.53. The molecule has 0 saturated heterocycles. The third-order valence-corrected chi connectivity index (χ3v) is 7.61. The molecule has 2 rings (SSSR count). The first kappa shape index (κ1) is 24.3. The number of rotatable bonds is 11. The Morgan fingerprint density at radius 2 is 2.21 bits per heavy atom. The number of carboxylic acids is 1. The van der Waals surface area contributed by atoms with Crippen LogP contribution >= 0.6 is 27.3 Å². The van der Waals surface area contributed by atoms with E-state index in [0.717, 1.165) is 15.8 Å². The number of unbranched alkanes of at least 4 members (excludes halogenated alkanes) is 1. The first-order valence-electron chi connectivity index (χ1n) is 10.0. The normalized spacial score (nSPS) is 25.8. The zero-order valence-corrected chi connectivity index (χ0v) is 19.1. The van der Waals surface area contributed by atoms with E-state index in [2.05, 4.69) is 15.9 Å². The molecule has 0 spiro atoms. The van der Waals surface area contributed by atoms with E-state index in [0.29, 0.717) is 25.7 Å². The van der Waals surface area contributed by atoms with Crippen molar-refractivity contribution in [1.29, 1.82) is 0 Å². The molecule has 1 heterocycles. The number of thiophene rings is 1. The Morgan fingerprint density at radius 1 is 1.45 bits per heavy atom. The third kappa shape index (κ3) is 7.63. The van der Waals surface area contributed by atoms with Crippen LogP contribution in [-0.4, -0.2) is 47.0 Å². The summed E-state index contributed by atoms with van der Waals surface area (Å²) in [5.74, 6) is 1.07. The number of aliphatic hydroxyl groups excluding tert-OH is 2. The van der Waals surface area contributed by atoms with Gasteiger partial charge in [-0.25, -0.2) is 0 Å². The molecule has 0 aromatic carbocycles. The average Bonchev–Trinajstić information content (AvgIpc) is 3.14. The predicted molar refractivity (Wildman–Crippen MR) is 124 cm³/mol. The number of carbonyl (C=O) groups is 1. The molecule has 4 nitrogen and oxygen atoms in total. The van der Waals surface area contributed by atoms with E-state index in [1.165, 1.54) is 4.88 Å². The van der Waals surface area contributed by atoms with Crippen molar-refractivity contribution in [3.05, 3.63) is 44.6 Å². The summed E-state index contributed by atoms with van der Waals surface area (Å²) in [6, 6.07) is 2.05. The molecule has 7 heteroatoms. The van der Waals surface area contributed by atoms with Crippen LogP contribution in [0.3, 0.4) is 0 Å². The van der Waals surface area contributed by atoms with Gasteiger partial charge < -0.3 is 0 Å². The van der Waals surface area contributed by atoms with Gasteiger partial charge in [-0.1, -0.05) is 0 Å². The quantitative estimate of drug-likeness (QED) is 0.254. The van der Waals surface area contributed by atoms with Gasteiger partial charge in [0.1, 0.15) is 0 Å². The van der Waals surface area contributed by atoms with E-state index in [4.69, 9.17) is 12.6 Å². The van der Waals surface area contributed by atoms with Crippen LogP contribution < -0.4 is 0 Å². The Labute approximate surface area is 186 Å². The predicted octanol–water partition coefficient (Wildman–Crippen LogP) is 4.06. The number of allylic oxidation sites excluding steroid dienone is 3. The summed E-state index contributed by atoms with van der Waals surface area (Å²) in [4.78, 5) is 12.9. The van der Waals surface area contributed by atoms with E-state index in [-0.39, 0.29) is 24.2 Å². The molecule has 29 heavy (non-hydrogen) atoms.